The first-order valence-corrected chi connectivity index (χ1v) is 10.1. The minimum atomic E-state index is -0.0189. The van der Waals surface area contributed by atoms with Gasteiger partial charge in [-0.15, -0.1) is 11.3 Å². The van der Waals surface area contributed by atoms with Gasteiger partial charge < -0.3 is 10.6 Å². The fourth-order valence-corrected chi connectivity index (χ4v) is 4.47. The summed E-state index contributed by atoms with van der Waals surface area (Å²) in [5.41, 5.74) is 10.7. The third-order valence-electron chi connectivity index (χ3n) is 5.09. The number of nitrogens with zero attached hydrogens (tertiary/aromatic N) is 2. The SMILES string of the molecule is Cc1cccc(-c2nc(CC(=O)N3C[C@@H](N)[C@H](c4ccccc4)C3)cs2)c1. The topological polar surface area (TPSA) is 59.2 Å². The highest BCUT2D eigenvalue weighted by Gasteiger charge is 2.33. The molecule has 0 aliphatic carbocycles. The lowest BCUT2D eigenvalue weighted by Gasteiger charge is -2.16. The largest absolute Gasteiger partial charge is 0.340 e. The fraction of sp³-hybridized carbons (Fsp3) is 0.273. The van der Waals surface area contributed by atoms with Crippen LogP contribution in [0.3, 0.4) is 0 Å². The Bertz CT molecular complexity index is 937. The number of aryl methyl sites for hydroxylation is 1. The second kappa shape index (κ2) is 7.62. The van der Waals surface area contributed by atoms with Crippen molar-refractivity contribution < 1.29 is 4.79 Å². The maximum atomic E-state index is 12.8. The van der Waals surface area contributed by atoms with Crippen molar-refractivity contribution in [1.29, 1.82) is 0 Å². The third-order valence-corrected chi connectivity index (χ3v) is 6.03. The second-order valence-corrected chi connectivity index (χ2v) is 8.03. The number of benzene rings is 2. The van der Waals surface area contributed by atoms with Gasteiger partial charge in [0.2, 0.25) is 5.91 Å². The summed E-state index contributed by atoms with van der Waals surface area (Å²) in [5, 5.41) is 2.95. The van der Waals surface area contributed by atoms with Gasteiger partial charge in [0.05, 0.1) is 12.1 Å². The molecule has 2 N–H and O–H groups in total. The highest BCUT2D eigenvalue weighted by atomic mass is 32.1. The molecule has 0 spiro atoms. The number of aromatic nitrogens is 1. The van der Waals surface area contributed by atoms with Crippen LogP contribution in [0.15, 0.2) is 60.0 Å². The highest BCUT2D eigenvalue weighted by molar-refractivity contribution is 7.13. The smallest absolute Gasteiger partial charge is 0.228 e. The molecule has 0 radical (unpaired) electrons. The standard InChI is InChI=1S/C22H23N3OS/c1-15-6-5-9-17(10-15)22-24-18(14-27-22)11-21(26)25-12-19(20(23)13-25)16-7-3-2-4-8-16/h2-10,14,19-20H,11-13,23H2,1H3/t19-,20+/m0/s1. The number of thiazole rings is 1. The van der Waals surface area contributed by atoms with Crippen molar-refractivity contribution in [3.05, 3.63) is 76.8 Å². The number of hydrogen-bond acceptors (Lipinski definition) is 4. The average molecular weight is 378 g/mol. The molecular formula is C22H23N3OS. The monoisotopic (exact) mass is 377 g/mol. The predicted molar refractivity (Wildman–Crippen MR) is 110 cm³/mol. The van der Waals surface area contributed by atoms with Gasteiger partial charge in [-0.2, -0.15) is 0 Å². The minimum absolute atomic E-state index is 0.0189. The van der Waals surface area contributed by atoms with Crippen LogP contribution >= 0.6 is 11.3 Å². The van der Waals surface area contributed by atoms with E-state index in [2.05, 4.69) is 42.2 Å². The lowest BCUT2D eigenvalue weighted by Crippen LogP contribution is -2.33. The molecule has 1 aliphatic heterocycles. The molecule has 2 aromatic carbocycles. The Balaban J connectivity index is 1.43. The van der Waals surface area contributed by atoms with Gasteiger partial charge in [-0.3, -0.25) is 4.79 Å². The van der Waals surface area contributed by atoms with Crippen LogP contribution in [0.5, 0.6) is 0 Å². The summed E-state index contributed by atoms with van der Waals surface area (Å²) in [6, 6.07) is 18.5. The minimum Gasteiger partial charge on any atom is -0.340 e. The molecule has 1 saturated heterocycles. The van der Waals surface area contributed by atoms with Crippen molar-refractivity contribution >= 4 is 17.2 Å². The molecule has 27 heavy (non-hydrogen) atoms. The number of nitrogens with two attached hydrogens (primary N) is 1. The summed E-state index contributed by atoms with van der Waals surface area (Å²) in [7, 11) is 0. The van der Waals surface area contributed by atoms with E-state index in [0.717, 1.165) is 16.3 Å². The maximum Gasteiger partial charge on any atom is 0.228 e. The molecule has 2 atom stereocenters. The zero-order chi connectivity index (χ0) is 18.8. The molecule has 0 unspecified atom stereocenters. The summed E-state index contributed by atoms with van der Waals surface area (Å²) < 4.78 is 0. The van der Waals surface area contributed by atoms with Crippen LogP contribution in [0.25, 0.3) is 10.6 Å². The first-order valence-electron chi connectivity index (χ1n) is 9.20. The first-order chi connectivity index (χ1) is 13.1. The van der Waals surface area contributed by atoms with E-state index in [1.807, 2.05) is 34.5 Å². The predicted octanol–water partition coefficient (Wildman–Crippen LogP) is 3.61. The molecule has 3 aromatic rings. The number of amides is 1. The molecule has 1 amide bonds. The van der Waals surface area contributed by atoms with Crippen LogP contribution in [0.2, 0.25) is 0 Å². The van der Waals surface area contributed by atoms with Crippen LogP contribution in [-0.2, 0) is 11.2 Å². The summed E-state index contributed by atoms with van der Waals surface area (Å²) in [6.07, 6.45) is 0.330. The molecule has 1 aliphatic rings. The van der Waals surface area contributed by atoms with E-state index in [1.54, 1.807) is 11.3 Å². The van der Waals surface area contributed by atoms with E-state index in [4.69, 9.17) is 5.73 Å². The van der Waals surface area contributed by atoms with Crippen LogP contribution in [-0.4, -0.2) is 34.9 Å². The number of rotatable bonds is 4. The number of carbonyl (C=O) groups excluding carboxylic acids is 1. The Morgan fingerprint density at radius 3 is 2.78 bits per heavy atom. The summed E-state index contributed by atoms with van der Waals surface area (Å²) in [5.74, 6) is 0.304. The average Bonchev–Trinajstić information content (AvgIpc) is 3.29. The lowest BCUT2D eigenvalue weighted by molar-refractivity contribution is -0.129. The van der Waals surface area contributed by atoms with Gasteiger partial charge in [-0.1, -0.05) is 54.1 Å². The third kappa shape index (κ3) is 3.94. The Labute approximate surface area is 163 Å². The van der Waals surface area contributed by atoms with Crippen LogP contribution < -0.4 is 5.73 Å². The van der Waals surface area contributed by atoms with Crippen molar-refractivity contribution in [3.63, 3.8) is 0 Å². The molecule has 138 valence electrons. The number of hydrogen-bond donors (Lipinski definition) is 1. The Morgan fingerprint density at radius 1 is 1.19 bits per heavy atom. The van der Waals surface area contributed by atoms with E-state index >= 15 is 0 Å². The van der Waals surface area contributed by atoms with E-state index < -0.39 is 0 Å². The van der Waals surface area contributed by atoms with Crippen LogP contribution in [0.4, 0.5) is 0 Å². The summed E-state index contributed by atoms with van der Waals surface area (Å²) in [4.78, 5) is 19.3. The highest BCUT2D eigenvalue weighted by Crippen LogP contribution is 2.28. The Morgan fingerprint density at radius 2 is 2.00 bits per heavy atom. The summed E-state index contributed by atoms with van der Waals surface area (Å²) in [6.45, 7) is 3.35. The Hall–Kier alpha value is -2.50. The van der Waals surface area contributed by atoms with E-state index in [0.29, 0.717) is 19.5 Å². The van der Waals surface area contributed by atoms with Gasteiger partial charge in [0.1, 0.15) is 5.01 Å². The Kier molecular flexibility index (Phi) is 5.05. The maximum absolute atomic E-state index is 12.8. The van der Waals surface area contributed by atoms with Gasteiger partial charge in [0.15, 0.2) is 0 Å². The van der Waals surface area contributed by atoms with E-state index in [1.165, 1.54) is 11.1 Å². The zero-order valence-electron chi connectivity index (χ0n) is 15.3. The zero-order valence-corrected chi connectivity index (χ0v) is 16.2. The van der Waals surface area contributed by atoms with Crippen LogP contribution in [0.1, 0.15) is 22.7 Å². The normalized spacial score (nSPS) is 19.4. The fourth-order valence-electron chi connectivity index (χ4n) is 3.65. The molecule has 4 rings (SSSR count). The van der Waals surface area contributed by atoms with Gasteiger partial charge in [0.25, 0.3) is 0 Å². The van der Waals surface area contributed by atoms with Gasteiger partial charge in [0, 0.05) is 36.0 Å². The van der Waals surface area contributed by atoms with Crippen molar-refractivity contribution in [1.82, 2.24) is 9.88 Å². The van der Waals surface area contributed by atoms with E-state index in [9.17, 15) is 4.79 Å². The molecule has 5 heteroatoms. The van der Waals surface area contributed by atoms with Crippen molar-refractivity contribution in [3.8, 4) is 10.6 Å². The quantitative estimate of drug-likeness (QED) is 0.755. The van der Waals surface area contributed by atoms with Crippen LogP contribution in [0, 0.1) is 6.92 Å². The van der Waals surface area contributed by atoms with Crippen molar-refractivity contribution in [2.24, 2.45) is 5.73 Å². The molecule has 4 nitrogen and oxygen atoms in total. The van der Waals surface area contributed by atoms with E-state index in [-0.39, 0.29) is 17.9 Å². The molecule has 1 fully saturated rings. The van der Waals surface area contributed by atoms with Crippen molar-refractivity contribution in [2.45, 2.75) is 25.3 Å². The summed E-state index contributed by atoms with van der Waals surface area (Å²) >= 11 is 1.59. The van der Waals surface area contributed by atoms with Crippen molar-refractivity contribution in [2.75, 3.05) is 13.1 Å². The second-order valence-electron chi connectivity index (χ2n) is 7.17. The van der Waals surface area contributed by atoms with Gasteiger partial charge in [-0.25, -0.2) is 4.98 Å². The molecule has 2 heterocycles. The number of carbonyl (C=O) groups is 1. The first kappa shape index (κ1) is 17.9. The molecular weight excluding hydrogens is 354 g/mol. The van der Waals surface area contributed by atoms with Gasteiger partial charge in [-0.05, 0) is 18.6 Å². The lowest BCUT2D eigenvalue weighted by atomic mass is 9.95. The molecule has 1 aromatic heterocycles. The van der Waals surface area contributed by atoms with Gasteiger partial charge >= 0.3 is 0 Å². The number of likely N-dealkylation sites (tertiary alicyclic amines) is 1. The molecule has 0 saturated carbocycles. The molecule has 0 bridgehead atoms.